The molecular weight excluding hydrogens is 378 g/mol. The van der Waals surface area contributed by atoms with Crippen LogP contribution in [0.3, 0.4) is 0 Å². The maximum Gasteiger partial charge on any atom is 0.317 e. The van der Waals surface area contributed by atoms with E-state index < -0.39 is 0 Å². The van der Waals surface area contributed by atoms with Gasteiger partial charge in [0, 0.05) is 30.2 Å². The summed E-state index contributed by atoms with van der Waals surface area (Å²) >= 11 is 0. The van der Waals surface area contributed by atoms with E-state index in [0.29, 0.717) is 12.6 Å². The van der Waals surface area contributed by atoms with Gasteiger partial charge < -0.3 is 15.0 Å². The second-order valence-corrected chi connectivity index (χ2v) is 9.58. The van der Waals surface area contributed by atoms with Gasteiger partial charge in [-0.05, 0) is 49.8 Å². The van der Waals surface area contributed by atoms with Crippen molar-refractivity contribution < 1.29 is 9.53 Å². The predicted octanol–water partition coefficient (Wildman–Crippen LogP) is 3.70. The molecule has 2 atom stereocenters. The van der Waals surface area contributed by atoms with Crippen LogP contribution in [0.5, 0.6) is 5.75 Å². The van der Waals surface area contributed by atoms with Gasteiger partial charge in [0.15, 0.2) is 0 Å². The maximum atomic E-state index is 12.9. The predicted molar refractivity (Wildman–Crippen MR) is 116 cm³/mol. The summed E-state index contributed by atoms with van der Waals surface area (Å²) in [4.78, 5) is 15.0. The van der Waals surface area contributed by atoms with E-state index in [4.69, 9.17) is 4.74 Å². The van der Waals surface area contributed by atoms with Gasteiger partial charge in [0.2, 0.25) is 0 Å². The third-order valence-electron chi connectivity index (χ3n) is 6.44. The molecule has 2 amide bonds. The molecule has 0 radical (unpaired) electrons. The Morgan fingerprint density at radius 3 is 2.37 bits per heavy atom. The number of nitrogens with one attached hydrogen (secondary N) is 1. The number of ether oxygens (including phenoxy) is 1. The summed E-state index contributed by atoms with van der Waals surface area (Å²) in [6, 6.07) is 8.98. The minimum absolute atomic E-state index is 0.00169. The summed E-state index contributed by atoms with van der Waals surface area (Å²) < 4.78 is 7.23. The summed E-state index contributed by atoms with van der Waals surface area (Å²) in [6.07, 6.45) is 6.97. The van der Waals surface area contributed by atoms with Crippen molar-refractivity contribution >= 4 is 6.03 Å². The molecule has 0 spiro atoms. The fourth-order valence-electron chi connectivity index (χ4n) is 4.69. The van der Waals surface area contributed by atoms with Crippen LogP contribution < -0.4 is 10.1 Å². The van der Waals surface area contributed by atoms with Crippen molar-refractivity contribution in [2.24, 2.45) is 0 Å². The molecule has 2 aliphatic heterocycles. The number of hydrogen-bond acceptors (Lipinski definition) is 4. The first-order valence-corrected chi connectivity index (χ1v) is 11.0. The lowest BCUT2D eigenvalue weighted by atomic mass is 9.93. The van der Waals surface area contributed by atoms with Crippen molar-refractivity contribution in [1.82, 2.24) is 25.2 Å². The highest BCUT2D eigenvalue weighted by molar-refractivity contribution is 5.75. The fourth-order valence-corrected chi connectivity index (χ4v) is 4.69. The van der Waals surface area contributed by atoms with Crippen LogP contribution in [0.15, 0.2) is 30.5 Å². The molecule has 2 unspecified atom stereocenters. The number of fused-ring (bicyclic) bond motifs is 2. The molecule has 2 aliphatic rings. The van der Waals surface area contributed by atoms with E-state index in [9.17, 15) is 4.79 Å². The number of aromatic nitrogens is 3. The van der Waals surface area contributed by atoms with Crippen molar-refractivity contribution in [3.63, 3.8) is 0 Å². The fraction of sp³-hybridized carbons (Fsp3) is 0.609. The molecule has 2 saturated heterocycles. The number of hydrogen-bond donors (Lipinski definition) is 1. The lowest BCUT2D eigenvalue weighted by Crippen LogP contribution is -2.51. The van der Waals surface area contributed by atoms with Gasteiger partial charge in [0.1, 0.15) is 5.75 Å². The number of benzene rings is 1. The molecule has 7 heteroatoms. The van der Waals surface area contributed by atoms with Crippen molar-refractivity contribution in [1.29, 1.82) is 0 Å². The summed E-state index contributed by atoms with van der Waals surface area (Å²) in [7, 11) is 1.67. The van der Waals surface area contributed by atoms with Crippen molar-refractivity contribution in [3.05, 3.63) is 41.7 Å². The smallest absolute Gasteiger partial charge is 0.317 e. The molecule has 30 heavy (non-hydrogen) atoms. The Kier molecular flexibility index (Phi) is 5.71. The molecule has 0 aliphatic carbocycles. The van der Waals surface area contributed by atoms with E-state index >= 15 is 0 Å². The van der Waals surface area contributed by atoms with Crippen LogP contribution in [-0.4, -0.2) is 51.7 Å². The van der Waals surface area contributed by atoms with E-state index in [2.05, 4.69) is 47.5 Å². The number of methoxy groups -OCH3 is 1. The Labute approximate surface area is 178 Å². The first-order chi connectivity index (χ1) is 14.3. The van der Waals surface area contributed by atoms with Gasteiger partial charge in [0.25, 0.3) is 0 Å². The number of carbonyl (C=O) groups excluding carboxylic acids is 1. The van der Waals surface area contributed by atoms with Gasteiger partial charge in [0.05, 0.1) is 18.8 Å². The third kappa shape index (κ3) is 4.30. The van der Waals surface area contributed by atoms with Crippen LogP contribution >= 0.6 is 0 Å². The van der Waals surface area contributed by atoms with E-state index in [0.717, 1.165) is 43.5 Å². The number of nitrogens with zero attached hydrogens (tertiary/aromatic N) is 4. The highest BCUT2D eigenvalue weighted by atomic mass is 16.5. The molecule has 7 nitrogen and oxygen atoms in total. The Bertz CT molecular complexity index is 856. The van der Waals surface area contributed by atoms with Gasteiger partial charge in [-0.2, -0.15) is 0 Å². The highest BCUT2D eigenvalue weighted by Crippen LogP contribution is 2.40. The maximum absolute atomic E-state index is 12.9. The molecule has 2 bridgehead atoms. The molecule has 2 aromatic rings. The number of amides is 2. The van der Waals surface area contributed by atoms with Crippen LogP contribution in [0.1, 0.15) is 63.8 Å². The quantitative estimate of drug-likeness (QED) is 0.814. The van der Waals surface area contributed by atoms with Gasteiger partial charge in [-0.1, -0.05) is 38.1 Å². The Balaban J connectivity index is 1.32. The molecule has 1 N–H and O–H groups in total. The van der Waals surface area contributed by atoms with Crippen LogP contribution in [-0.2, 0) is 11.8 Å². The minimum atomic E-state index is 0.00169. The molecule has 1 aromatic heterocycles. The van der Waals surface area contributed by atoms with Gasteiger partial charge in [-0.15, -0.1) is 5.10 Å². The summed E-state index contributed by atoms with van der Waals surface area (Å²) in [5.74, 6) is 0.851. The van der Waals surface area contributed by atoms with Crippen LogP contribution in [0, 0.1) is 0 Å². The SMILES string of the molecule is COc1ccc(CCNC(=O)N2C3CCC2CC(n2cc(C(C)(C)C)nn2)C3)cc1. The molecule has 1 aromatic carbocycles. The van der Waals surface area contributed by atoms with Gasteiger partial charge >= 0.3 is 6.03 Å². The van der Waals surface area contributed by atoms with Crippen LogP contribution in [0.4, 0.5) is 4.79 Å². The number of piperidine rings is 1. The van der Waals surface area contributed by atoms with E-state index in [-0.39, 0.29) is 23.5 Å². The first-order valence-electron chi connectivity index (χ1n) is 11.0. The third-order valence-corrected chi connectivity index (χ3v) is 6.44. The second-order valence-electron chi connectivity index (χ2n) is 9.58. The number of rotatable bonds is 5. The Morgan fingerprint density at radius 2 is 1.80 bits per heavy atom. The first kappa shape index (κ1) is 20.7. The molecule has 2 fully saturated rings. The topological polar surface area (TPSA) is 72.3 Å². The summed E-state index contributed by atoms with van der Waals surface area (Å²) in [5.41, 5.74) is 2.22. The number of urea groups is 1. The minimum Gasteiger partial charge on any atom is -0.497 e. The van der Waals surface area contributed by atoms with Crippen molar-refractivity contribution in [2.45, 2.75) is 76.4 Å². The van der Waals surface area contributed by atoms with E-state index in [1.54, 1.807) is 7.11 Å². The van der Waals surface area contributed by atoms with Gasteiger partial charge in [-0.25, -0.2) is 9.48 Å². The average molecular weight is 412 g/mol. The normalized spacial score (nSPS) is 23.5. The molecule has 3 heterocycles. The van der Waals surface area contributed by atoms with Gasteiger partial charge in [-0.3, -0.25) is 0 Å². The average Bonchev–Trinajstić information content (AvgIpc) is 3.32. The monoisotopic (exact) mass is 411 g/mol. The lowest BCUT2D eigenvalue weighted by Gasteiger charge is -2.38. The molecule has 162 valence electrons. The van der Waals surface area contributed by atoms with Crippen molar-refractivity contribution in [3.8, 4) is 5.75 Å². The van der Waals surface area contributed by atoms with Crippen LogP contribution in [0.2, 0.25) is 0 Å². The van der Waals surface area contributed by atoms with Crippen molar-refractivity contribution in [2.75, 3.05) is 13.7 Å². The second kappa shape index (κ2) is 8.28. The molecular formula is C23H33N5O2. The molecule has 0 saturated carbocycles. The highest BCUT2D eigenvalue weighted by Gasteiger charge is 2.44. The Morgan fingerprint density at radius 1 is 1.13 bits per heavy atom. The van der Waals surface area contributed by atoms with Crippen LogP contribution in [0.25, 0.3) is 0 Å². The standard InChI is InChI=1S/C23H33N5O2/c1-23(2,3)21-15-27(26-25-21)19-13-17-7-8-18(14-19)28(17)22(29)24-12-11-16-5-9-20(30-4)10-6-16/h5-6,9-10,15,17-19H,7-8,11-14H2,1-4H3,(H,24,29). The largest absolute Gasteiger partial charge is 0.497 e. The van der Waals surface area contributed by atoms with E-state index in [1.807, 2.05) is 28.9 Å². The molecule has 4 rings (SSSR count). The zero-order valence-corrected chi connectivity index (χ0v) is 18.5. The Hall–Kier alpha value is -2.57. The summed E-state index contributed by atoms with van der Waals surface area (Å²) in [5, 5.41) is 11.9. The zero-order valence-electron chi connectivity index (χ0n) is 18.5. The summed E-state index contributed by atoms with van der Waals surface area (Å²) in [6.45, 7) is 7.11. The zero-order chi connectivity index (χ0) is 21.3. The number of carbonyl (C=O) groups is 1. The lowest BCUT2D eigenvalue weighted by molar-refractivity contribution is 0.120. The van der Waals surface area contributed by atoms with E-state index in [1.165, 1.54) is 5.56 Å².